The van der Waals surface area contributed by atoms with Crippen LogP contribution in [0.3, 0.4) is 0 Å². The van der Waals surface area contributed by atoms with Gasteiger partial charge in [0, 0.05) is 6.42 Å². The number of nitrogens with one attached hydrogen (secondary N) is 1. The van der Waals surface area contributed by atoms with E-state index in [0.29, 0.717) is 18.4 Å². The number of carbonyl (C=O) groups is 3. The highest BCUT2D eigenvalue weighted by molar-refractivity contribution is 5.80. The van der Waals surface area contributed by atoms with E-state index in [9.17, 15) is 18.8 Å². The normalized spacial score (nSPS) is 21.4. The summed E-state index contributed by atoms with van der Waals surface area (Å²) in [5.41, 5.74) is -0.0102. The molecule has 0 radical (unpaired) electrons. The molecule has 0 saturated heterocycles. The summed E-state index contributed by atoms with van der Waals surface area (Å²) in [4.78, 5) is 36.9. The lowest BCUT2D eigenvalue weighted by Crippen LogP contribution is -2.34. The smallest absolute Gasteiger partial charge is 0.309 e. The summed E-state index contributed by atoms with van der Waals surface area (Å²) >= 11 is 0. The Labute approximate surface area is 170 Å². The molecule has 2 atom stereocenters. The molecule has 29 heavy (non-hydrogen) atoms. The molecule has 0 unspecified atom stereocenters. The lowest BCUT2D eigenvalue weighted by molar-refractivity contribution is -0.161. The monoisotopic (exact) mass is 405 g/mol. The largest absolute Gasteiger partial charge is 0.463 e. The van der Waals surface area contributed by atoms with Crippen molar-refractivity contribution in [2.24, 2.45) is 5.92 Å². The average molecular weight is 405 g/mol. The fourth-order valence-electron chi connectivity index (χ4n) is 2.91. The van der Waals surface area contributed by atoms with Crippen molar-refractivity contribution in [1.82, 2.24) is 5.32 Å². The van der Waals surface area contributed by atoms with Gasteiger partial charge in [-0.3, -0.25) is 14.4 Å². The van der Waals surface area contributed by atoms with Crippen LogP contribution >= 0.6 is 0 Å². The summed E-state index contributed by atoms with van der Waals surface area (Å²) in [6.07, 6.45) is 4.61. The highest BCUT2D eigenvalue weighted by atomic mass is 19.1. The molecule has 7 heteroatoms. The molecule has 6 nitrogen and oxygen atoms in total. The van der Waals surface area contributed by atoms with E-state index >= 15 is 0 Å². The third-order valence-electron chi connectivity index (χ3n) is 4.29. The van der Waals surface area contributed by atoms with E-state index in [4.69, 9.17) is 9.47 Å². The Bertz CT molecular complexity index is 751. The van der Waals surface area contributed by atoms with Gasteiger partial charge in [-0.05, 0) is 51.3 Å². The molecule has 0 fully saturated rings. The van der Waals surface area contributed by atoms with Crippen molar-refractivity contribution in [2.75, 3.05) is 6.61 Å². The number of benzene rings is 1. The predicted octanol–water partition coefficient (Wildman–Crippen LogP) is 3.61. The number of rotatable bonds is 3. The molecule has 0 aromatic heterocycles. The summed E-state index contributed by atoms with van der Waals surface area (Å²) < 4.78 is 24.0. The van der Waals surface area contributed by atoms with Gasteiger partial charge in [-0.1, -0.05) is 24.3 Å². The van der Waals surface area contributed by atoms with Gasteiger partial charge in [0.15, 0.2) is 0 Å². The van der Waals surface area contributed by atoms with Crippen molar-refractivity contribution in [1.29, 1.82) is 0 Å². The Morgan fingerprint density at radius 3 is 2.55 bits per heavy atom. The number of hydrogen-bond acceptors (Lipinski definition) is 5. The minimum atomic E-state index is -0.676. The maximum atomic E-state index is 13.2. The SMILES string of the molecule is CC(C)(C)OC(=O)C[C@@H]1CC=CCCC(=O)N[C@H](c2ccc(F)cc2)COC1=O. The van der Waals surface area contributed by atoms with Crippen molar-refractivity contribution in [3.8, 4) is 0 Å². The van der Waals surface area contributed by atoms with Crippen LogP contribution in [0.1, 0.15) is 58.1 Å². The molecule has 158 valence electrons. The molecule has 1 aliphatic rings. The van der Waals surface area contributed by atoms with Gasteiger partial charge in [-0.25, -0.2) is 4.39 Å². The van der Waals surface area contributed by atoms with Crippen molar-refractivity contribution in [3.63, 3.8) is 0 Å². The van der Waals surface area contributed by atoms with Crippen molar-refractivity contribution in [2.45, 2.75) is 58.1 Å². The first kappa shape index (κ1) is 22.6. The summed E-state index contributed by atoms with van der Waals surface area (Å²) in [5.74, 6) is -2.27. The zero-order chi connectivity index (χ0) is 21.4. The van der Waals surface area contributed by atoms with E-state index in [-0.39, 0.29) is 25.4 Å². The molecule has 0 saturated carbocycles. The molecule has 0 aliphatic carbocycles. The highest BCUT2D eigenvalue weighted by Crippen LogP contribution is 2.20. The van der Waals surface area contributed by atoms with Gasteiger partial charge in [0.05, 0.1) is 18.4 Å². The van der Waals surface area contributed by atoms with Gasteiger partial charge in [-0.15, -0.1) is 0 Å². The zero-order valence-electron chi connectivity index (χ0n) is 17.1. The molecular formula is C22H28FNO5. The number of carbonyl (C=O) groups excluding carboxylic acids is 3. The number of amides is 1. The van der Waals surface area contributed by atoms with E-state index in [1.54, 1.807) is 26.8 Å². The fraction of sp³-hybridized carbons (Fsp3) is 0.500. The first-order chi connectivity index (χ1) is 13.6. The maximum Gasteiger partial charge on any atom is 0.309 e. The van der Waals surface area contributed by atoms with Crippen molar-refractivity contribution >= 4 is 17.8 Å². The Morgan fingerprint density at radius 2 is 1.90 bits per heavy atom. The second-order valence-electron chi connectivity index (χ2n) is 8.03. The first-order valence-corrected chi connectivity index (χ1v) is 9.72. The second-order valence-corrected chi connectivity index (χ2v) is 8.03. The molecule has 1 aliphatic heterocycles. The Balaban J connectivity index is 2.13. The number of allylic oxidation sites excluding steroid dienone is 2. The molecule has 1 N–H and O–H groups in total. The van der Waals surface area contributed by atoms with Crippen LogP contribution in [0.25, 0.3) is 0 Å². The van der Waals surface area contributed by atoms with Gasteiger partial charge >= 0.3 is 11.9 Å². The van der Waals surface area contributed by atoms with Gasteiger partial charge < -0.3 is 14.8 Å². The van der Waals surface area contributed by atoms with Crippen LogP contribution in [0.15, 0.2) is 36.4 Å². The Morgan fingerprint density at radius 1 is 1.21 bits per heavy atom. The van der Waals surface area contributed by atoms with Crippen LogP contribution in [0.5, 0.6) is 0 Å². The molecule has 1 amide bonds. The van der Waals surface area contributed by atoms with Crippen LogP contribution in [0, 0.1) is 11.7 Å². The lowest BCUT2D eigenvalue weighted by Gasteiger charge is -2.23. The van der Waals surface area contributed by atoms with Crippen molar-refractivity contribution in [3.05, 3.63) is 47.8 Å². The molecule has 0 spiro atoms. The number of hydrogen-bond donors (Lipinski definition) is 1. The van der Waals surface area contributed by atoms with Crippen molar-refractivity contribution < 1.29 is 28.2 Å². The van der Waals surface area contributed by atoms with Gasteiger partial charge in [0.1, 0.15) is 18.0 Å². The fourth-order valence-corrected chi connectivity index (χ4v) is 2.91. The van der Waals surface area contributed by atoms with Crippen LogP contribution < -0.4 is 5.32 Å². The Hall–Kier alpha value is -2.70. The number of esters is 2. The molecule has 1 aromatic rings. The molecule has 2 rings (SSSR count). The van der Waals surface area contributed by atoms with Crippen LogP contribution in [-0.4, -0.2) is 30.1 Å². The van der Waals surface area contributed by atoms with Gasteiger partial charge in [-0.2, -0.15) is 0 Å². The van der Waals surface area contributed by atoms with Gasteiger partial charge in [0.2, 0.25) is 5.91 Å². The predicted molar refractivity (Wildman–Crippen MR) is 105 cm³/mol. The number of halogens is 1. The van der Waals surface area contributed by atoms with Gasteiger partial charge in [0.25, 0.3) is 0 Å². The van der Waals surface area contributed by atoms with Crippen LogP contribution in [0.2, 0.25) is 0 Å². The topological polar surface area (TPSA) is 81.7 Å². The molecule has 0 bridgehead atoms. The summed E-state index contributed by atoms with van der Waals surface area (Å²) in [7, 11) is 0. The third-order valence-corrected chi connectivity index (χ3v) is 4.29. The number of cyclic esters (lactones) is 1. The Kier molecular flexibility index (Phi) is 7.93. The highest BCUT2D eigenvalue weighted by Gasteiger charge is 2.27. The summed E-state index contributed by atoms with van der Waals surface area (Å²) in [6.45, 7) is 5.19. The van der Waals surface area contributed by atoms with Crippen LogP contribution in [0.4, 0.5) is 4.39 Å². The molecule has 1 heterocycles. The van der Waals surface area contributed by atoms with E-state index in [1.165, 1.54) is 24.3 Å². The zero-order valence-corrected chi connectivity index (χ0v) is 17.1. The minimum absolute atomic E-state index is 0.0893. The van der Waals surface area contributed by atoms with E-state index in [0.717, 1.165) is 0 Å². The van der Waals surface area contributed by atoms with E-state index in [2.05, 4.69) is 5.32 Å². The van der Waals surface area contributed by atoms with E-state index in [1.807, 2.05) is 6.08 Å². The maximum absolute atomic E-state index is 13.2. The second kappa shape index (κ2) is 10.2. The number of ether oxygens (including phenoxy) is 2. The lowest BCUT2D eigenvalue weighted by atomic mass is 10.00. The molecule has 1 aromatic carbocycles. The van der Waals surface area contributed by atoms with E-state index < -0.39 is 35.3 Å². The third kappa shape index (κ3) is 8.05. The minimum Gasteiger partial charge on any atom is -0.463 e. The van der Waals surface area contributed by atoms with Crippen LogP contribution in [-0.2, 0) is 23.9 Å². The average Bonchev–Trinajstić information content (AvgIpc) is 2.62. The first-order valence-electron chi connectivity index (χ1n) is 9.72. The summed E-state index contributed by atoms with van der Waals surface area (Å²) in [6, 6.07) is 5.05. The quantitative estimate of drug-likeness (QED) is 0.614. The summed E-state index contributed by atoms with van der Waals surface area (Å²) in [5, 5.41) is 2.81. The standard InChI is InChI=1S/C22H28FNO5/c1-22(2,3)29-20(26)13-16-7-5-4-6-8-19(25)24-18(14-28-21(16)27)15-9-11-17(23)12-10-15/h4-5,9-12,16,18H,6-8,13-14H2,1-3H3,(H,24,25)/t16-,18-/m0/s1. The molecular weight excluding hydrogens is 377 g/mol.